The number of aliphatic carboxylic acids is 1. The zero-order valence-corrected chi connectivity index (χ0v) is 15.4. The van der Waals surface area contributed by atoms with Gasteiger partial charge in [0.05, 0.1) is 11.4 Å². The number of carbonyl (C=O) groups is 3. The highest BCUT2D eigenvalue weighted by molar-refractivity contribution is 5.93. The van der Waals surface area contributed by atoms with Crippen LogP contribution in [0.2, 0.25) is 0 Å². The van der Waals surface area contributed by atoms with Crippen molar-refractivity contribution in [3.8, 4) is 0 Å². The molecule has 1 aliphatic rings. The Hall–Kier alpha value is -3.03. The summed E-state index contributed by atoms with van der Waals surface area (Å²) in [5.41, 5.74) is 1.45. The van der Waals surface area contributed by atoms with Crippen LogP contribution in [0.3, 0.4) is 0 Å². The van der Waals surface area contributed by atoms with Crippen LogP contribution in [0.4, 0.5) is 10.5 Å². The van der Waals surface area contributed by atoms with Crippen LogP contribution in [0.25, 0.3) is 10.9 Å². The van der Waals surface area contributed by atoms with Crippen molar-refractivity contribution < 1.29 is 19.5 Å². The molecule has 1 aromatic heterocycles. The van der Waals surface area contributed by atoms with Gasteiger partial charge in [0, 0.05) is 32.0 Å². The van der Waals surface area contributed by atoms with Gasteiger partial charge in [-0.25, -0.2) is 4.79 Å². The molecule has 1 aliphatic heterocycles. The molecule has 0 bridgehead atoms. The van der Waals surface area contributed by atoms with E-state index in [4.69, 9.17) is 0 Å². The molecule has 2 aromatic rings. The van der Waals surface area contributed by atoms with E-state index in [9.17, 15) is 19.5 Å². The molecule has 1 fully saturated rings. The van der Waals surface area contributed by atoms with Gasteiger partial charge in [0.15, 0.2) is 0 Å². The number of carbonyl (C=O) groups excluding carboxylic acids is 2. The highest BCUT2D eigenvalue weighted by Crippen LogP contribution is 2.24. The van der Waals surface area contributed by atoms with Gasteiger partial charge in [-0.05, 0) is 35.9 Å². The summed E-state index contributed by atoms with van der Waals surface area (Å²) in [6.07, 6.45) is 2.41. The Bertz CT molecular complexity index is 876. The van der Waals surface area contributed by atoms with Gasteiger partial charge in [-0.15, -0.1) is 0 Å². The summed E-state index contributed by atoms with van der Waals surface area (Å²) >= 11 is 0. The second-order valence-electron chi connectivity index (χ2n) is 7.10. The lowest BCUT2D eigenvalue weighted by Crippen LogP contribution is -2.47. The van der Waals surface area contributed by atoms with E-state index >= 15 is 0 Å². The number of likely N-dealkylation sites (N-methyl/N-ethyl adjacent to an activating group) is 1. The van der Waals surface area contributed by atoms with Crippen LogP contribution < -0.4 is 10.6 Å². The van der Waals surface area contributed by atoms with Gasteiger partial charge < -0.3 is 25.2 Å². The van der Waals surface area contributed by atoms with Gasteiger partial charge >= 0.3 is 12.0 Å². The summed E-state index contributed by atoms with van der Waals surface area (Å²) in [5, 5.41) is 15.7. The number of rotatable bonds is 4. The number of carboxylic acid groups (broad SMARTS) is 1. The highest BCUT2D eigenvalue weighted by Gasteiger charge is 2.31. The second kappa shape index (κ2) is 7.69. The molecule has 3 rings (SSSR count). The molecule has 3 N–H and O–H groups in total. The predicted molar refractivity (Wildman–Crippen MR) is 102 cm³/mol. The number of hydrogen-bond donors (Lipinski definition) is 3. The average Bonchev–Trinajstić information content (AvgIpc) is 3.03. The monoisotopic (exact) mass is 372 g/mol. The van der Waals surface area contributed by atoms with Gasteiger partial charge in [0.25, 0.3) is 0 Å². The number of nitrogens with zero attached hydrogens (tertiary/aromatic N) is 2. The topological polar surface area (TPSA) is 104 Å². The van der Waals surface area contributed by atoms with Crippen molar-refractivity contribution >= 4 is 34.5 Å². The summed E-state index contributed by atoms with van der Waals surface area (Å²) in [7, 11) is 1.59. The normalized spacial score (nSPS) is 19.7. The summed E-state index contributed by atoms with van der Waals surface area (Å²) in [4.78, 5) is 37.1. The molecular weight excluding hydrogens is 348 g/mol. The molecule has 8 heteroatoms. The fourth-order valence-corrected chi connectivity index (χ4v) is 3.53. The molecule has 1 aromatic carbocycles. The van der Waals surface area contributed by atoms with Gasteiger partial charge in [-0.2, -0.15) is 0 Å². The maximum absolute atomic E-state index is 12.6. The standard InChI is InChI=1S/C19H24N4O4/c1-12-7-14(18(25)26)10-23(9-12)19(27)21-15-4-3-13-5-6-22(16(13)8-15)11-17(24)20-2/h3-6,8,12,14H,7,9-11H2,1-2H3,(H,20,24)(H,21,27)(H,25,26). The molecule has 0 saturated carbocycles. The maximum Gasteiger partial charge on any atom is 0.321 e. The van der Waals surface area contributed by atoms with Crippen molar-refractivity contribution in [1.82, 2.24) is 14.8 Å². The molecule has 0 radical (unpaired) electrons. The Kier molecular flexibility index (Phi) is 5.34. The van der Waals surface area contributed by atoms with Crippen LogP contribution in [-0.2, 0) is 16.1 Å². The summed E-state index contributed by atoms with van der Waals surface area (Å²) in [5.74, 6) is -1.37. The minimum absolute atomic E-state index is 0.107. The smallest absolute Gasteiger partial charge is 0.321 e. The first kappa shape index (κ1) is 18.8. The quantitative estimate of drug-likeness (QED) is 0.763. The van der Waals surface area contributed by atoms with Gasteiger partial charge in [0.1, 0.15) is 6.54 Å². The number of fused-ring (bicyclic) bond motifs is 1. The van der Waals surface area contributed by atoms with E-state index < -0.39 is 11.9 Å². The number of likely N-dealkylation sites (tertiary alicyclic amines) is 1. The molecule has 3 amide bonds. The fraction of sp³-hybridized carbons (Fsp3) is 0.421. The first-order valence-electron chi connectivity index (χ1n) is 8.95. The molecule has 0 aliphatic carbocycles. The van der Waals surface area contributed by atoms with E-state index in [-0.39, 0.29) is 30.9 Å². The Morgan fingerprint density at radius 3 is 2.70 bits per heavy atom. The Morgan fingerprint density at radius 1 is 1.22 bits per heavy atom. The van der Waals surface area contributed by atoms with Crippen molar-refractivity contribution in [2.45, 2.75) is 19.9 Å². The number of aromatic nitrogens is 1. The Balaban J connectivity index is 1.75. The molecule has 8 nitrogen and oxygen atoms in total. The molecule has 0 spiro atoms. The zero-order chi connectivity index (χ0) is 19.6. The van der Waals surface area contributed by atoms with Crippen LogP contribution >= 0.6 is 0 Å². The number of amides is 3. The molecule has 27 heavy (non-hydrogen) atoms. The number of nitrogens with one attached hydrogen (secondary N) is 2. The van der Waals surface area contributed by atoms with Gasteiger partial charge in [-0.1, -0.05) is 13.0 Å². The third-order valence-electron chi connectivity index (χ3n) is 4.91. The third kappa shape index (κ3) is 4.21. The second-order valence-corrected chi connectivity index (χ2v) is 7.10. The zero-order valence-electron chi connectivity index (χ0n) is 15.4. The lowest BCUT2D eigenvalue weighted by atomic mass is 9.91. The van der Waals surface area contributed by atoms with E-state index in [0.717, 1.165) is 10.9 Å². The molecule has 1 saturated heterocycles. The van der Waals surface area contributed by atoms with Gasteiger partial charge in [-0.3, -0.25) is 9.59 Å². The van der Waals surface area contributed by atoms with E-state index in [1.54, 1.807) is 18.0 Å². The summed E-state index contributed by atoms with van der Waals surface area (Å²) in [6.45, 7) is 2.89. The lowest BCUT2D eigenvalue weighted by molar-refractivity contribution is -0.143. The number of piperidine rings is 1. The number of benzene rings is 1. The van der Waals surface area contributed by atoms with Crippen molar-refractivity contribution in [2.24, 2.45) is 11.8 Å². The largest absolute Gasteiger partial charge is 0.481 e. The number of carboxylic acids is 1. The van der Waals surface area contributed by atoms with Crippen molar-refractivity contribution in [3.63, 3.8) is 0 Å². The minimum atomic E-state index is -0.868. The summed E-state index contributed by atoms with van der Waals surface area (Å²) in [6, 6.07) is 7.10. The molecule has 144 valence electrons. The minimum Gasteiger partial charge on any atom is -0.481 e. The van der Waals surface area contributed by atoms with Crippen molar-refractivity contribution in [1.29, 1.82) is 0 Å². The molecule has 2 atom stereocenters. The van der Waals surface area contributed by atoms with Crippen LogP contribution in [0.1, 0.15) is 13.3 Å². The van der Waals surface area contributed by atoms with E-state index in [0.29, 0.717) is 18.7 Å². The van der Waals surface area contributed by atoms with E-state index in [2.05, 4.69) is 10.6 Å². The van der Waals surface area contributed by atoms with E-state index in [1.165, 1.54) is 0 Å². The van der Waals surface area contributed by atoms with Gasteiger partial charge in [0.2, 0.25) is 5.91 Å². The van der Waals surface area contributed by atoms with Crippen LogP contribution in [0.15, 0.2) is 30.5 Å². The van der Waals surface area contributed by atoms with Crippen LogP contribution in [0.5, 0.6) is 0 Å². The number of urea groups is 1. The molecule has 2 unspecified atom stereocenters. The van der Waals surface area contributed by atoms with Crippen LogP contribution in [-0.4, -0.2) is 52.6 Å². The number of anilines is 1. The first-order valence-corrected chi connectivity index (χ1v) is 8.95. The van der Waals surface area contributed by atoms with Crippen LogP contribution in [0, 0.1) is 11.8 Å². The fourth-order valence-electron chi connectivity index (χ4n) is 3.53. The van der Waals surface area contributed by atoms with Crippen molar-refractivity contribution in [2.75, 3.05) is 25.5 Å². The SMILES string of the molecule is CNC(=O)Cn1ccc2ccc(NC(=O)N3CC(C)CC(C(=O)O)C3)cc21. The predicted octanol–water partition coefficient (Wildman–Crippen LogP) is 1.96. The van der Waals surface area contributed by atoms with Crippen molar-refractivity contribution in [3.05, 3.63) is 30.5 Å². The maximum atomic E-state index is 12.6. The first-order chi connectivity index (χ1) is 12.9. The lowest BCUT2D eigenvalue weighted by Gasteiger charge is -2.34. The number of hydrogen-bond acceptors (Lipinski definition) is 3. The molecular formula is C19H24N4O4. The summed E-state index contributed by atoms with van der Waals surface area (Å²) < 4.78 is 1.81. The molecule has 2 heterocycles. The Labute approximate surface area is 157 Å². The van der Waals surface area contributed by atoms with E-state index in [1.807, 2.05) is 35.9 Å². The Morgan fingerprint density at radius 2 is 2.00 bits per heavy atom. The highest BCUT2D eigenvalue weighted by atomic mass is 16.4. The average molecular weight is 372 g/mol. The third-order valence-corrected chi connectivity index (χ3v) is 4.91.